The highest BCUT2D eigenvalue weighted by Crippen LogP contribution is 2.46. The largest absolute Gasteiger partial charge is 0.507 e. The minimum atomic E-state index is -1.07. The number of amides is 1. The fraction of sp³-hybridized carbons (Fsp3) is 0.147. The van der Waals surface area contributed by atoms with E-state index in [0.717, 1.165) is 10.3 Å². The zero-order valence-electron chi connectivity index (χ0n) is 23.8. The third-order valence-corrected chi connectivity index (χ3v) is 8.19. The van der Waals surface area contributed by atoms with Crippen molar-refractivity contribution in [1.82, 2.24) is 4.98 Å². The molecule has 1 saturated heterocycles. The van der Waals surface area contributed by atoms with Crippen molar-refractivity contribution in [3.05, 3.63) is 119 Å². The Balaban J connectivity index is 1.47. The maximum atomic E-state index is 13.7. The van der Waals surface area contributed by atoms with Crippen molar-refractivity contribution in [1.29, 1.82) is 0 Å². The van der Waals surface area contributed by atoms with E-state index in [2.05, 4.69) is 4.98 Å². The number of halogens is 1. The number of carbonyl (C=O) groups excluding carboxylic acids is 2. The van der Waals surface area contributed by atoms with Gasteiger partial charge in [0.15, 0.2) is 16.6 Å². The minimum Gasteiger partial charge on any atom is -0.507 e. The molecule has 4 aromatic carbocycles. The second-order valence-corrected chi connectivity index (χ2v) is 10.9. The Morgan fingerprint density at radius 3 is 2.45 bits per heavy atom. The van der Waals surface area contributed by atoms with Gasteiger partial charge < -0.3 is 19.3 Å². The Kier molecular flexibility index (Phi) is 7.99. The molecule has 0 aliphatic carbocycles. The number of aromatic nitrogens is 1. The molecule has 44 heavy (non-hydrogen) atoms. The third kappa shape index (κ3) is 5.47. The van der Waals surface area contributed by atoms with Crippen LogP contribution in [0.1, 0.15) is 29.7 Å². The number of anilines is 1. The monoisotopic (exact) mass is 610 g/mol. The fourth-order valence-corrected chi connectivity index (χ4v) is 6.09. The minimum absolute atomic E-state index is 0.157. The van der Waals surface area contributed by atoms with E-state index in [0.29, 0.717) is 41.5 Å². The lowest BCUT2D eigenvalue weighted by atomic mass is 9.95. The van der Waals surface area contributed by atoms with Gasteiger partial charge in [-0.1, -0.05) is 47.7 Å². The van der Waals surface area contributed by atoms with E-state index in [1.165, 1.54) is 47.6 Å². The first-order valence-electron chi connectivity index (χ1n) is 13.8. The van der Waals surface area contributed by atoms with Crippen LogP contribution in [0.3, 0.4) is 0 Å². The number of methoxy groups -OCH3 is 1. The summed E-state index contributed by atoms with van der Waals surface area (Å²) in [7, 11) is 1.49. The Bertz CT molecular complexity index is 1890. The number of benzene rings is 4. The number of aliphatic hydroxyl groups excluding tert-OH is 1. The summed E-state index contributed by atoms with van der Waals surface area (Å²) < 4.78 is 31.7. The van der Waals surface area contributed by atoms with Gasteiger partial charge >= 0.3 is 5.91 Å². The summed E-state index contributed by atoms with van der Waals surface area (Å²) in [6.45, 7) is 2.67. The summed E-state index contributed by atoms with van der Waals surface area (Å²) in [5, 5.41) is 11.7. The van der Waals surface area contributed by atoms with Crippen molar-refractivity contribution in [2.75, 3.05) is 18.6 Å². The molecule has 0 saturated carbocycles. The molecule has 0 bridgehead atoms. The van der Waals surface area contributed by atoms with E-state index < -0.39 is 29.3 Å². The zero-order valence-corrected chi connectivity index (χ0v) is 24.6. The highest BCUT2D eigenvalue weighted by atomic mass is 32.1. The van der Waals surface area contributed by atoms with Gasteiger partial charge in [-0.3, -0.25) is 14.5 Å². The number of rotatable bonds is 9. The van der Waals surface area contributed by atoms with Gasteiger partial charge in [0, 0.05) is 5.56 Å². The molecule has 1 unspecified atom stereocenters. The van der Waals surface area contributed by atoms with Gasteiger partial charge in [0.1, 0.15) is 23.9 Å². The lowest BCUT2D eigenvalue weighted by Crippen LogP contribution is -2.29. The molecule has 0 radical (unpaired) electrons. The Morgan fingerprint density at radius 1 is 0.955 bits per heavy atom. The first-order valence-corrected chi connectivity index (χ1v) is 14.6. The van der Waals surface area contributed by atoms with Crippen molar-refractivity contribution in [2.24, 2.45) is 0 Å². The molecule has 1 aliphatic heterocycles. The normalized spacial score (nSPS) is 16.0. The summed E-state index contributed by atoms with van der Waals surface area (Å²) in [6, 6.07) is 24.1. The first kappa shape index (κ1) is 28.9. The van der Waals surface area contributed by atoms with Crippen LogP contribution in [0.2, 0.25) is 0 Å². The van der Waals surface area contributed by atoms with Gasteiger partial charge in [0.25, 0.3) is 5.78 Å². The number of thiazole rings is 1. The van der Waals surface area contributed by atoms with E-state index in [1.807, 2.05) is 43.3 Å². The maximum Gasteiger partial charge on any atom is 0.301 e. The molecular formula is C34H27FN2O6S. The summed E-state index contributed by atoms with van der Waals surface area (Å²) in [5.41, 5.74) is 2.10. The predicted molar refractivity (Wildman–Crippen MR) is 166 cm³/mol. The van der Waals surface area contributed by atoms with Gasteiger partial charge in [0.05, 0.1) is 35.5 Å². The molecule has 1 aromatic heterocycles. The van der Waals surface area contributed by atoms with Crippen LogP contribution < -0.4 is 19.1 Å². The topological polar surface area (TPSA) is 98.2 Å². The number of nitrogens with zero attached hydrogens (tertiary/aromatic N) is 2. The second-order valence-electron chi connectivity index (χ2n) is 9.92. The average Bonchev–Trinajstić information content (AvgIpc) is 3.58. The fourth-order valence-electron chi connectivity index (χ4n) is 5.07. The van der Waals surface area contributed by atoms with E-state index in [4.69, 9.17) is 14.2 Å². The molecule has 5 aromatic rings. The van der Waals surface area contributed by atoms with Crippen LogP contribution in [0.5, 0.6) is 17.2 Å². The highest BCUT2D eigenvalue weighted by molar-refractivity contribution is 7.22. The molecule has 10 heteroatoms. The van der Waals surface area contributed by atoms with Crippen molar-refractivity contribution in [3.63, 3.8) is 0 Å². The standard InChI is InChI=1S/C34H27FN2O6S/c1-3-42-24-14-15-25-28(18-24)44-34(36-25)37-30(29(32(39)33(37)40)31(38)21-9-12-23(35)13-10-21)22-11-16-26(27(17-22)41-2)43-19-20-7-5-4-6-8-20/h4-18,30,38H,3,19H2,1-2H3. The van der Waals surface area contributed by atoms with Crippen LogP contribution in [0.15, 0.2) is 96.6 Å². The SMILES string of the molecule is CCOc1ccc2nc(N3C(=O)C(=O)C(=C(O)c4ccc(F)cc4)C3c3ccc(OCc4ccccc4)c(OC)c3)sc2c1. The average molecular weight is 611 g/mol. The van der Waals surface area contributed by atoms with Gasteiger partial charge in [-0.15, -0.1) is 0 Å². The van der Waals surface area contributed by atoms with Crippen molar-refractivity contribution < 1.29 is 33.3 Å². The van der Waals surface area contributed by atoms with Crippen molar-refractivity contribution in [3.8, 4) is 17.2 Å². The molecular weight excluding hydrogens is 583 g/mol. The number of fused-ring (bicyclic) bond motifs is 1. The first-order chi connectivity index (χ1) is 21.4. The lowest BCUT2D eigenvalue weighted by molar-refractivity contribution is -0.132. The summed E-state index contributed by atoms with van der Waals surface area (Å²) >= 11 is 1.22. The van der Waals surface area contributed by atoms with E-state index in [1.54, 1.807) is 30.3 Å². The number of ketones is 1. The predicted octanol–water partition coefficient (Wildman–Crippen LogP) is 7.05. The maximum absolute atomic E-state index is 13.7. The number of carbonyl (C=O) groups is 2. The Morgan fingerprint density at radius 2 is 1.73 bits per heavy atom. The molecule has 8 nitrogen and oxygen atoms in total. The van der Waals surface area contributed by atoms with E-state index in [-0.39, 0.29) is 16.3 Å². The number of hydrogen-bond acceptors (Lipinski definition) is 8. The van der Waals surface area contributed by atoms with E-state index in [9.17, 15) is 19.1 Å². The number of ether oxygens (including phenoxy) is 3. The molecule has 0 spiro atoms. The lowest BCUT2D eigenvalue weighted by Gasteiger charge is -2.24. The third-order valence-electron chi connectivity index (χ3n) is 7.17. The summed E-state index contributed by atoms with van der Waals surface area (Å²) in [6.07, 6.45) is 0. The molecule has 1 atom stereocenters. The Hall–Kier alpha value is -5.22. The van der Waals surface area contributed by atoms with Crippen LogP contribution >= 0.6 is 11.3 Å². The number of aliphatic hydroxyl groups is 1. The van der Waals surface area contributed by atoms with Crippen LogP contribution in [0.25, 0.3) is 16.0 Å². The van der Waals surface area contributed by atoms with Crippen LogP contribution in [0, 0.1) is 5.82 Å². The van der Waals surface area contributed by atoms with Gasteiger partial charge in [-0.25, -0.2) is 9.37 Å². The van der Waals surface area contributed by atoms with Crippen LogP contribution in [0.4, 0.5) is 9.52 Å². The molecule has 6 rings (SSSR count). The second kappa shape index (κ2) is 12.2. The van der Waals surface area contributed by atoms with Gasteiger partial charge in [-0.05, 0) is 72.6 Å². The van der Waals surface area contributed by atoms with Gasteiger partial charge in [0.2, 0.25) is 0 Å². The smallest absolute Gasteiger partial charge is 0.301 e. The summed E-state index contributed by atoms with van der Waals surface area (Å²) in [5.74, 6) is -1.20. The molecule has 1 aliphatic rings. The van der Waals surface area contributed by atoms with Crippen LogP contribution in [-0.4, -0.2) is 35.5 Å². The molecule has 2 heterocycles. The number of hydrogen-bond donors (Lipinski definition) is 1. The zero-order chi connectivity index (χ0) is 30.8. The van der Waals surface area contributed by atoms with Gasteiger partial charge in [-0.2, -0.15) is 0 Å². The van der Waals surface area contributed by atoms with Crippen molar-refractivity contribution in [2.45, 2.75) is 19.6 Å². The summed E-state index contributed by atoms with van der Waals surface area (Å²) in [4.78, 5) is 33.2. The quantitative estimate of drug-likeness (QED) is 0.109. The highest BCUT2D eigenvalue weighted by Gasteiger charge is 2.48. The molecule has 1 amide bonds. The molecule has 1 fully saturated rings. The molecule has 222 valence electrons. The van der Waals surface area contributed by atoms with E-state index >= 15 is 0 Å². The number of Topliss-reactive ketones (excluding diaryl/α,β-unsaturated/α-hetero) is 1. The Labute approximate surface area is 256 Å². The van der Waals surface area contributed by atoms with Crippen LogP contribution in [-0.2, 0) is 16.2 Å². The molecule has 1 N–H and O–H groups in total. The van der Waals surface area contributed by atoms with Crippen molar-refractivity contribution >= 4 is 44.1 Å².